The normalized spacial score (nSPS) is 21.1. The molecule has 3 nitrogen and oxygen atoms in total. The van der Waals surface area contributed by atoms with Crippen molar-refractivity contribution in [1.29, 1.82) is 0 Å². The van der Waals surface area contributed by atoms with Crippen LogP contribution in [0, 0.1) is 5.92 Å². The van der Waals surface area contributed by atoms with Crippen molar-refractivity contribution in [3.63, 3.8) is 0 Å². The fourth-order valence-corrected chi connectivity index (χ4v) is 1.94. The third kappa shape index (κ3) is 3.35. The fourth-order valence-electron chi connectivity index (χ4n) is 1.94. The molecule has 0 radical (unpaired) electrons. The molecule has 1 rings (SSSR count). The maximum atomic E-state index is 10.9. The predicted octanol–water partition coefficient (Wildman–Crippen LogP) is 1.49. The smallest absolute Gasteiger partial charge is 0.308 e. The van der Waals surface area contributed by atoms with Gasteiger partial charge < -0.3 is 9.84 Å². The molecule has 1 saturated carbocycles. The van der Waals surface area contributed by atoms with Crippen molar-refractivity contribution in [3.8, 4) is 0 Å². The molecule has 0 amide bonds. The highest BCUT2D eigenvalue weighted by Crippen LogP contribution is 2.27. The van der Waals surface area contributed by atoms with Crippen LogP contribution in [-0.4, -0.2) is 24.3 Å². The Hall–Kier alpha value is -0.570. The van der Waals surface area contributed by atoms with E-state index in [0.29, 0.717) is 5.92 Å². The molecule has 0 aliphatic heterocycles. The molecule has 1 atom stereocenters. The Labute approximate surface area is 79.1 Å². The van der Waals surface area contributed by atoms with Gasteiger partial charge in [0.1, 0.15) is 0 Å². The largest absolute Gasteiger partial charge is 0.469 e. The number of aliphatic hydroxyl groups excluding tert-OH is 1. The van der Waals surface area contributed by atoms with Gasteiger partial charge in [-0.15, -0.1) is 0 Å². The van der Waals surface area contributed by atoms with E-state index in [-0.39, 0.29) is 12.4 Å². The van der Waals surface area contributed by atoms with Crippen molar-refractivity contribution in [2.24, 2.45) is 5.92 Å². The summed E-state index contributed by atoms with van der Waals surface area (Å²) in [7, 11) is 1.36. The lowest BCUT2D eigenvalue weighted by Crippen LogP contribution is -2.26. The summed E-state index contributed by atoms with van der Waals surface area (Å²) in [5, 5.41) is 9.67. The monoisotopic (exact) mass is 186 g/mol. The SMILES string of the molecule is COC(=O)C[C@H](O)C1CCCCC1. The van der Waals surface area contributed by atoms with Gasteiger partial charge in [-0.1, -0.05) is 19.3 Å². The second-order valence-corrected chi connectivity index (χ2v) is 3.75. The van der Waals surface area contributed by atoms with E-state index in [1.165, 1.54) is 26.4 Å². The lowest BCUT2D eigenvalue weighted by atomic mass is 9.84. The van der Waals surface area contributed by atoms with Gasteiger partial charge in [-0.3, -0.25) is 4.79 Å². The Balaban J connectivity index is 2.28. The summed E-state index contributed by atoms with van der Waals surface area (Å²) in [6.45, 7) is 0. The van der Waals surface area contributed by atoms with E-state index < -0.39 is 6.10 Å². The van der Waals surface area contributed by atoms with Crippen LogP contribution in [0.25, 0.3) is 0 Å². The molecule has 0 aromatic heterocycles. The molecular formula is C10H18O3. The van der Waals surface area contributed by atoms with Gasteiger partial charge in [0.2, 0.25) is 0 Å². The number of carbonyl (C=O) groups excluding carboxylic acids is 1. The van der Waals surface area contributed by atoms with Crippen LogP contribution in [0.15, 0.2) is 0 Å². The van der Waals surface area contributed by atoms with E-state index in [9.17, 15) is 9.90 Å². The Bertz CT molecular complexity index is 162. The first-order valence-corrected chi connectivity index (χ1v) is 4.99. The van der Waals surface area contributed by atoms with Gasteiger partial charge in [0.05, 0.1) is 19.6 Å². The number of methoxy groups -OCH3 is 1. The Kier molecular flexibility index (Phi) is 4.22. The average molecular weight is 186 g/mol. The van der Waals surface area contributed by atoms with Crippen LogP contribution in [0.5, 0.6) is 0 Å². The zero-order valence-corrected chi connectivity index (χ0v) is 8.16. The molecule has 13 heavy (non-hydrogen) atoms. The lowest BCUT2D eigenvalue weighted by molar-refractivity contribution is -0.143. The van der Waals surface area contributed by atoms with Gasteiger partial charge in [0.15, 0.2) is 0 Å². The molecule has 1 fully saturated rings. The number of carbonyl (C=O) groups is 1. The van der Waals surface area contributed by atoms with E-state index in [1.54, 1.807) is 0 Å². The molecule has 0 aromatic rings. The number of rotatable bonds is 3. The van der Waals surface area contributed by atoms with Gasteiger partial charge in [0.25, 0.3) is 0 Å². The van der Waals surface area contributed by atoms with E-state index in [1.807, 2.05) is 0 Å². The topological polar surface area (TPSA) is 46.5 Å². The van der Waals surface area contributed by atoms with Crippen molar-refractivity contribution >= 4 is 5.97 Å². The minimum atomic E-state index is -0.493. The summed E-state index contributed by atoms with van der Waals surface area (Å²) in [5.74, 6) is 0.00548. The van der Waals surface area contributed by atoms with E-state index in [4.69, 9.17) is 0 Å². The molecule has 0 unspecified atom stereocenters. The van der Waals surface area contributed by atoms with Crippen LogP contribution in [-0.2, 0) is 9.53 Å². The van der Waals surface area contributed by atoms with E-state index in [2.05, 4.69) is 4.74 Å². The maximum Gasteiger partial charge on any atom is 0.308 e. The van der Waals surface area contributed by atoms with Crippen molar-refractivity contribution in [2.45, 2.75) is 44.6 Å². The summed E-state index contributed by atoms with van der Waals surface area (Å²) in [6, 6.07) is 0. The van der Waals surface area contributed by atoms with Crippen molar-refractivity contribution in [1.82, 2.24) is 0 Å². The van der Waals surface area contributed by atoms with Crippen molar-refractivity contribution in [2.75, 3.05) is 7.11 Å². The number of ether oxygens (including phenoxy) is 1. The van der Waals surface area contributed by atoms with Gasteiger partial charge in [-0.2, -0.15) is 0 Å². The van der Waals surface area contributed by atoms with Crippen LogP contribution < -0.4 is 0 Å². The van der Waals surface area contributed by atoms with Gasteiger partial charge >= 0.3 is 5.97 Å². The van der Waals surface area contributed by atoms with Crippen LogP contribution in [0.2, 0.25) is 0 Å². The molecule has 0 spiro atoms. The number of hydrogen-bond donors (Lipinski definition) is 1. The standard InChI is InChI=1S/C10H18O3/c1-13-10(12)7-9(11)8-5-3-2-4-6-8/h8-9,11H,2-7H2,1H3/t9-/m0/s1. The summed E-state index contributed by atoms with van der Waals surface area (Å²) >= 11 is 0. The zero-order valence-electron chi connectivity index (χ0n) is 8.16. The second kappa shape index (κ2) is 5.22. The maximum absolute atomic E-state index is 10.9. The molecular weight excluding hydrogens is 168 g/mol. The zero-order chi connectivity index (χ0) is 9.68. The summed E-state index contributed by atoms with van der Waals surface area (Å²) in [4.78, 5) is 10.9. The number of esters is 1. The minimum Gasteiger partial charge on any atom is -0.469 e. The quantitative estimate of drug-likeness (QED) is 0.679. The molecule has 0 aromatic carbocycles. The van der Waals surface area contributed by atoms with Gasteiger partial charge in [0, 0.05) is 0 Å². The Morgan fingerprint density at radius 3 is 2.62 bits per heavy atom. The van der Waals surface area contributed by atoms with Crippen molar-refractivity contribution in [3.05, 3.63) is 0 Å². The van der Waals surface area contributed by atoms with E-state index in [0.717, 1.165) is 12.8 Å². The molecule has 1 N–H and O–H groups in total. The molecule has 76 valence electrons. The van der Waals surface area contributed by atoms with Crippen LogP contribution in [0.3, 0.4) is 0 Å². The molecule has 1 aliphatic rings. The average Bonchev–Trinajstić information content (AvgIpc) is 2.19. The van der Waals surface area contributed by atoms with E-state index >= 15 is 0 Å². The fraction of sp³-hybridized carbons (Fsp3) is 0.900. The van der Waals surface area contributed by atoms with Crippen LogP contribution in [0.4, 0.5) is 0 Å². The Morgan fingerprint density at radius 2 is 2.08 bits per heavy atom. The molecule has 0 bridgehead atoms. The van der Waals surface area contributed by atoms with Gasteiger partial charge in [-0.25, -0.2) is 0 Å². The first kappa shape index (κ1) is 10.5. The molecule has 0 saturated heterocycles. The summed E-state index contributed by atoms with van der Waals surface area (Å²) in [6.07, 6.45) is 5.40. The first-order valence-electron chi connectivity index (χ1n) is 4.99. The van der Waals surface area contributed by atoms with Crippen LogP contribution >= 0.6 is 0 Å². The number of hydrogen-bond acceptors (Lipinski definition) is 3. The minimum absolute atomic E-state index is 0.154. The third-order valence-corrected chi connectivity index (χ3v) is 2.80. The lowest BCUT2D eigenvalue weighted by Gasteiger charge is -2.25. The highest BCUT2D eigenvalue weighted by atomic mass is 16.5. The third-order valence-electron chi connectivity index (χ3n) is 2.80. The van der Waals surface area contributed by atoms with Gasteiger partial charge in [-0.05, 0) is 18.8 Å². The highest BCUT2D eigenvalue weighted by Gasteiger charge is 2.23. The molecule has 1 aliphatic carbocycles. The van der Waals surface area contributed by atoms with Crippen molar-refractivity contribution < 1.29 is 14.6 Å². The second-order valence-electron chi connectivity index (χ2n) is 3.75. The Morgan fingerprint density at radius 1 is 1.46 bits per heavy atom. The highest BCUT2D eigenvalue weighted by molar-refractivity contribution is 5.69. The predicted molar refractivity (Wildman–Crippen MR) is 49.2 cm³/mol. The first-order chi connectivity index (χ1) is 6.24. The summed E-state index contributed by atoms with van der Waals surface area (Å²) < 4.78 is 4.51. The van der Waals surface area contributed by atoms with Crippen LogP contribution in [0.1, 0.15) is 38.5 Å². The number of aliphatic hydroxyl groups is 1. The molecule has 3 heteroatoms. The summed E-state index contributed by atoms with van der Waals surface area (Å²) in [5.41, 5.74) is 0. The molecule has 0 heterocycles.